The van der Waals surface area contributed by atoms with Crippen molar-refractivity contribution in [3.05, 3.63) is 23.8 Å². The summed E-state index contributed by atoms with van der Waals surface area (Å²) in [5.41, 5.74) is 2.49. The largest absolute Gasteiger partial charge is 0.355 e. The number of benzene rings is 1. The van der Waals surface area contributed by atoms with Gasteiger partial charge in [-0.05, 0) is 37.0 Å². The topological polar surface area (TPSA) is 48.5 Å². The summed E-state index contributed by atoms with van der Waals surface area (Å²) in [5, 5.41) is 4.31. The number of hydrogen-bond donors (Lipinski definition) is 1. The van der Waals surface area contributed by atoms with E-state index in [1.807, 2.05) is 11.3 Å². The zero-order chi connectivity index (χ0) is 19.3. The van der Waals surface area contributed by atoms with Gasteiger partial charge in [0, 0.05) is 45.2 Å². The SMILES string of the molecule is CCc1ccc2nc(N3CCN(CCNC(=O)C4CCCCC4)CC3)sc2c1. The monoisotopic (exact) mass is 400 g/mol. The Morgan fingerprint density at radius 1 is 1.18 bits per heavy atom. The Morgan fingerprint density at radius 2 is 1.96 bits per heavy atom. The summed E-state index contributed by atoms with van der Waals surface area (Å²) in [6, 6.07) is 6.62. The Morgan fingerprint density at radius 3 is 2.71 bits per heavy atom. The van der Waals surface area contributed by atoms with E-state index in [2.05, 4.69) is 40.2 Å². The number of thiazole rings is 1. The molecule has 2 aliphatic rings. The first-order valence-corrected chi connectivity index (χ1v) is 11.7. The molecule has 2 aromatic rings. The highest BCUT2D eigenvalue weighted by molar-refractivity contribution is 7.22. The molecule has 4 rings (SSSR count). The summed E-state index contributed by atoms with van der Waals surface area (Å²) in [6.07, 6.45) is 6.94. The van der Waals surface area contributed by atoms with Gasteiger partial charge in [-0.15, -0.1) is 0 Å². The molecule has 2 fully saturated rings. The summed E-state index contributed by atoms with van der Waals surface area (Å²) in [7, 11) is 0. The van der Waals surface area contributed by atoms with Gasteiger partial charge in [0.05, 0.1) is 10.2 Å². The fraction of sp³-hybridized carbons (Fsp3) is 0.636. The van der Waals surface area contributed by atoms with Gasteiger partial charge in [-0.2, -0.15) is 0 Å². The highest BCUT2D eigenvalue weighted by Crippen LogP contribution is 2.30. The minimum atomic E-state index is 0.262. The van der Waals surface area contributed by atoms with Gasteiger partial charge in [0.25, 0.3) is 0 Å². The van der Waals surface area contributed by atoms with E-state index in [4.69, 9.17) is 4.98 Å². The fourth-order valence-corrected chi connectivity index (χ4v) is 5.40. The van der Waals surface area contributed by atoms with Gasteiger partial charge in [0.1, 0.15) is 0 Å². The maximum atomic E-state index is 12.3. The molecule has 1 aromatic carbocycles. The minimum Gasteiger partial charge on any atom is -0.355 e. The Kier molecular flexibility index (Phi) is 6.47. The Labute approximate surface area is 172 Å². The van der Waals surface area contributed by atoms with E-state index in [1.165, 1.54) is 29.5 Å². The number of rotatable bonds is 6. The molecule has 28 heavy (non-hydrogen) atoms. The van der Waals surface area contributed by atoms with Crippen molar-refractivity contribution in [2.75, 3.05) is 44.2 Å². The molecule has 1 aliphatic heterocycles. The predicted molar refractivity (Wildman–Crippen MR) is 117 cm³/mol. The summed E-state index contributed by atoms with van der Waals surface area (Å²) in [4.78, 5) is 22.0. The normalized spacial score (nSPS) is 19.2. The standard InChI is InChI=1S/C22H32N4OS/c1-2-17-8-9-19-20(16-17)28-22(24-19)26-14-12-25(13-15-26)11-10-23-21(27)18-6-4-3-5-7-18/h8-9,16,18H,2-7,10-15H2,1H3,(H,23,27). The molecule has 0 bridgehead atoms. The fourth-order valence-electron chi connectivity index (χ4n) is 4.32. The number of aromatic nitrogens is 1. The first-order valence-electron chi connectivity index (χ1n) is 10.9. The molecule has 1 aromatic heterocycles. The van der Waals surface area contributed by atoms with E-state index < -0.39 is 0 Å². The summed E-state index contributed by atoms with van der Waals surface area (Å²) < 4.78 is 1.29. The molecule has 1 saturated carbocycles. The van der Waals surface area contributed by atoms with Crippen LogP contribution in [0, 0.1) is 5.92 Å². The van der Waals surface area contributed by atoms with Gasteiger partial charge in [-0.25, -0.2) is 4.98 Å². The second-order valence-corrected chi connectivity index (χ2v) is 9.12. The lowest BCUT2D eigenvalue weighted by molar-refractivity contribution is -0.125. The average Bonchev–Trinajstić information content (AvgIpc) is 3.18. The van der Waals surface area contributed by atoms with Gasteiger partial charge < -0.3 is 10.2 Å². The van der Waals surface area contributed by atoms with E-state index >= 15 is 0 Å². The molecule has 1 aliphatic carbocycles. The van der Waals surface area contributed by atoms with Crippen LogP contribution in [0.2, 0.25) is 0 Å². The van der Waals surface area contributed by atoms with Crippen molar-refractivity contribution in [3.63, 3.8) is 0 Å². The molecule has 1 N–H and O–H groups in total. The lowest BCUT2D eigenvalue weighted by Crippen LogP contribution is -2.48. The number of carbonyl (C=O) groups excluding carboxylic acids is 1. The van der Waals surface area contributed by atoms with Crippen LogP contribution in [0.5, 0.6) is 0 Å². The molecule has 152 valence electrons. The second kappa shape index (κ2) is 9.23. The maximum Gasteiger partial charge on any atom is 0.223 e. The lowest BCUT2D eigenvalue weighted by atomic mass is 9.89. The third-order valence-electron chi connectivity index (χ3n) is 6.20. The molecular formula is C22H32N4OS. The van der Waals surface area contributed by atoms with Crippen LogP contribution in [-0.2, 0) is 11.2 Å². The van der Waals surface area contributed by atoms with E-state index in [0.29, 0.717) is 0 Å². The third-order valence-corrected chi connectivity index (χ3v) is 7.27. The van der Waals surface area contributed by atoms with Gasteiger partial charge >= 0.3 is 0 Å². The first kappa shape index (κ1) is 19.6. The maximum absolute atomic E-state index is 12.3. The molecule has 1 saturated heterocycles. The number of aryl methyl sites for hydroxylation is 1. The Hall–Kier alpha value is -1.66. The van der Waals surface area contributed by atoms with Gasteiger partial charge in [0.15, 0.2) is 5.13 Å². The van der Waals surface area contributed by atoms with Crippen LogP contribution in [0.1, 0.15) is 44.6 Å². The molecule has 1 amide bonds. The quantitative estimate of drug-likeness (QED) is 0.804. The lowest BCUT2D eigenvalue weighted by Gasteiger charge is -2.34. The molecule has 0 spiro atoms. The number of nitrogens with zero attached hydrogens (tertiary/aromatic N) is 3. The Balaban J connectivity index is 1.23. The highest BCUT2D eigenvalue weighted by atomic mass is 32.1. The summed E-state index contributed by atoms with van der Waals surface area (Å²) in [5.74, 6) is 0.539. The second-order valence-electron chi connectivity index (χ2n) is 8.11. The van der Waals surface area contributed by atoms with Crippen molar-refractivity contribution in [1.82, 2.24) is 15.2 Å². The summed E-state index contributed by atoms with van der Waals surface area (Å²) >= 11 is 1.81. The van der Waals surface area contributed by atoms with Crippen LogP contribution in [-0.4, -0.2) is 55.1 Å². The van der Waals surface area contributed by atoms with Gasteiger partial charge in [-0.1, -0.05) is 43.6 Å². The summed E-state index contributed by atoms with van der Waals surface area (Å²) in [6.45, 7) is 8.01. The first-order chi connectivity index (χ1) is 13.7. The van der Waals surface area contributed by atoms with Crippen molar-refractivity contribution < 1.29 is 4.79 Å². The molecular weight excluding hydrogens is 368 g/mol. The number of anilines is 1. The van der Waals surface area contributed by atoms with Crippen LogP contribution in [0.15, 0.2) is 18.2 Å². The number of carbonyl (C=O) groups is 1. The van der Waals surface area contributed by atoms with Crippen molar-refractivity contribution in [1.29, 1.82) is 0 Å². The minimum absolute atomic E-state index is 0.262. The zero-order valence-corrected chi connectivity index (χ0v) is 17.8. The van der Waals surface area contributed by atoms with Crippen molar-refractivity contribution >= 4 is 32.6 Å². The smallest absolute Gasteiger partial charge is 0.223 e. The van der Waals surface area contributed by atoms with Crippen LogP contribution in [0.4, 0.5) is 5.13 Å². The van der Waals surface area contributed by atoms with E-state index in [9.17, 15) is 4.79 Å². The molecule has 6 heteroatoms. The number of fused-ring (bicyclic) bond motifs is 1. The van der Waals surface area contributed by atoms with E-state index in [1.54, 1.807) is 0 Å². The van der Waals surface area contributed by atoms with Crippen LogP contribution in [0.3, 0.4) is 0 Å². The van der Waals surface area contributed by atoms with E-state index in [-0.39, 0.29) is 11.8 Å². The molecule has 0 radical (unpaired) electrons. The number of piperazine rings is 1. The predicted octanol–water partition coefficient (Wildman–Crippen LogP) is 3.68. The van der Waals surface area contributed by atoms with Crippen LogP contribution in [0.25, 0.3) is 10.2 Å². The molecule has 0 atom stereocenters. The van der Waals surface area contributed by atoms with Gasteiger partial charge in [-0.3, -0.25) is 9.69 Å². The van der Waals surface area contributed by atoms with Crippen molar-refractivity contribution in [2.24, 2.45) is 5.92 Å². The van der Waals surface area contributed by atoms with Crippen LogP contribution < -0.4 is 10.2 Å². The number of nitrogens with one attached hydrogen (secondary N) is 1. The zero-order valence-electron chi connectivity index (χ0n) is 17.0. The van der Waals surface area contributed by atoms with Crippen molar-refractivity contribution in [3.8, 4) is 0 Å². The third kappa shape index (κ3) is 4.66. The van der Waals surface area contributed by atoms with Crippen LogP contribution >= 0.6 is 11.3 Å². The highest BCUT2D eigenvalue weighted by Gasteiger charge is 2.22. The van der Waals surface area contributed by atoms with E-state index in [0.717, 1.165) is 69.2 Å². The molecule has 5 nitrogen and oxygen atoms in total. The average molecular weight is 401 g/mol. The number of hydrogen-bond acceptors (Lipinski definition) is 5. The number of amides is 1. The Bertz CT molecular complexity index is 791. The molecule has 2 heterocycles. The van der Waals surface area contributed by atoms with Gasteiger partial charge in [0.2, 0.25) is 5.91 Å². The molecule has 0 unspecified atom stereocenters. The van der Waals surface area contributed by atoms with Crippen molar-refractivity contribution in [2.45, 2.75) is 45.4 Å².